The number of amides is 1. The molecule has 104 valence electrons. The highest BCUT2D eigenvalue weighted by molar-refractivity contribution is 6.29. The second-order valence-corrected chi connectivity index (χ2v) is 5.35. The number of rotatable bonds is 3. The fraction of sp³-hybridized carbons (Fsp3) is 0.250. The molecule has 0 aliphatic heterocycles. The number of benzene rings is 1. The number of nitrogens with zero attached hydrogens (tertiary/aromatic N) is 2. The van der Waals surface area contributed by atoms with Gasteiger partial charge < -0.3 is 4.90 Å². The van der Waals surface area contributed by atoms with Gasteiger partial charge in [-0.3, -0.25) is 4.79 Å². The smallest absolute Gasteiger partial charge is 0.254 e. The maximum Gasteiger partial charge on any atom is 0.254 e. The average molecular weight is 289 g/mol. The molecule has 0 spiro atoms. The van der Waals surface area contributed by atoms with Gasteiger partial charge in [0, 0.05) is 24.8 Å². The van der Waals surface area contributed by atoms with E-state index in [9.17, 15) is 4.79 Å². The molecule has 0 radical (unpaired) electrons. The number of carbonyl (C=O) groups is 1. The van der Waals surface area contributed by atoms with Crippen LogP contribution in [-0.2, 0) is 6.54 Å². The van der Waals surface area contributed by atoms with E-state index in [1.54, 1.807) is 24.1 Å². The predicted octanol–water partition coefficient (Wildman–Crippen LogP) is 3.62. The molecule has 1 heterocycles. The molecule has 1 amide bonds. The van der Waals surface area contributed by atoms with Gasteiger partial charge in [-0.15, -0.1) is 0 Å². The lowest BCUT2D eigenvalue weighted by molar-refractivity contribution is 0.0785. The van der Waals surface area contributed by atoms with Crippen molar-refractivity contribution in [3.63, 3.8) is 0 Å². The molecule has 0 atom stereocenters. The van der Waals surface area contributed by atoms with Crippen molar-refractivity contribution in [2.45, 2.75) is 20.4 Å². The van der Waals surface area contributed by atoms with Crippen LogP contribution in [0.1, 0.15) is 27.2 Å². The van der Waals surface area contributed by atoms with Gasteiger partial charge in [0.05, 0.1) is 0 Å². The molecule has 1 aromatic carbocycles. The summed E-state index contributed by atoms with van der Waals surface area (Å²) in [5, 5.41) is 0.345. The monoisotopic (exact) mass is 288 g/mol. The maximum atomic E-state index is 12.4. The molecule has 0 fully saturated rings. The molecule has 0 aliphatic rings. The van der Waals surface area contributed by atoms with Gasteiger partial charge in [-0.05, 0) is 31.5 Å². The normalized spacial score (nSPS) is 10.4. The van der Waals surface area contributed by atoms with E-state index in [2.05, 4.69) is 4.98 Å². The Morgan fingerprint density at radius 1 is 1.20 bits per heavy atom. The van der Waals surface area contributed by atoms with Crippen molar-refractivity contribution in [2.24, 2.45) is 0 Å². The van der Waals surface area contributed by atoms with E-state index in [0.717, 1.165) is 11.3 Å². The van der Waals surface area contributed by atoms with Gasteiger partial charge >= 0.3 is 0 Å². The molecule has 3 nitrogen and oxygen atoms in total. The summed E-state index contributed by atoms with van der Waals surface area (Å²) in [6, 6.07) is 11.5. The summed E-state index contributed by atoms with van der Waals surface area (Å²) in [5.41, 5.74) is 3.62. The van der Waals surface area contributed by atoms with Crippen LogP contribution >= 0.6 is 11.6 Å². The molecule has 2 aromatic rings. The maximum absolute atomic E-state index is 12.4. The van der Waals surface area contributed by atoms with Gasteiger partial charge in [0.1, 0.15) is 5.15 Å². The first-order valence-electron chi connectivity index (χ1n) is 6.41. The van der Waals surface area contributed by atoms with Crippen LogP contribution in [0.5, 0.6) is 0 Å². The minimum Gasteiger partial charge on any atom is -0.337 e. The molecular formula is C16H17ClN2O. The van der Waals surface area contributed by atoms with Crippen LogP contribution in [0.2, 0.25) is 5.15 Å². The lowest BCUT2D eigenvalue weighted by Gasteiger charge is -2.17. The summed E-state index contributed by atoms with van der Waals surface area (Å²) >= 11 is 5.89. The molecule has 20 heavy (non-hydrogen) atoms. The predicted molar refractivity (Wildman–Crippen MR) is 81.0 cm³/mol. The fourth-order valence-electron chi connectivity index (χ4n) is 2.01. The Morgan fingerprint density at radius 2 is 1.85 bits per heavy atom. The van der Waals surface area contributed by atoms with Crippen molar-refractivity contribution < 1.29 is 4.79 Å². The third kappa shape index (κ3) is 3.58. The zero-order valence-electron chi connectivity index (χ0n) is 11.9. The van der Waals surface area contributed by atoms with E-state index < -0.39 is 0 Å². The van der Waals surface area contributed by atoms with Crippen LogP contribution in [0.25, 0.3) is 0 Å². The first-order valence-corrected chi connectivity index (χ1v) is 6.78. The Balaban J connectivity index is 2.14. The van der Waals surface area contributed by atoms with Gasteiger partial charge in [-0.2, -0.15) is 0 Å². The molecule has 1 aromatic heterocycles. The van der Waals surface area contributed by atoms with E-state index in [-0.39, 0.29) is 5.91 Å². The number of carbonyl (C=O) groups excluding carboxylic acids is 1. The summed E-state index contributed by atoms with van der Waals surface area (Å²) in [6.07, 6.45) is 0. The van der Waals surface area contributed by atoms with Crippen molar-refractivity contribution in [2.75, 3.05) is 7.05 Å². The van der Waals surface area contributed by atoms with Gasteiger partial charge in [-0.1, -0.05) is 41.4 Å². The summed E-state index contributed by atoms with van der Waals surface area (Å²) < 4.78 is 0. The van der Waals surface area contributed by atoms with Crippen LogP contribution in [0.4, 0.5) is 0 Å². The number of hydrogen-bond donors (Lipinski definition) is 0. The molecular weight excluding hydrogens is 272 g/mol. The summed E-state index contributed by atoms with van der Waals surface area (Å²) in [6.45, 7) is 4.43. The molecule has 0 aliphatic carbocycles. The molecule has 4 heteroatoms. The molecule has 0 N–H and O–H groups in total. The van der Waals surface area contributed by atoms with E-state index >= 15 is 0 Å². The second-order valence-electron chi connectivity index (χ2n) is 4.97. The Labute approximate surface area is 124 Å². The van der Waals surface area contributed by atoms with Gasteiger partial charge in [0.25, 0.3) is 5.91 Å². The minimum absolute atomic E-state index is 0.0574. The number of pyridine rings is 1. The zero-order valence-corrected chi connectivity index (χ0v) is 12.6. The molecule has 0 saturated carbocycles. The standard InChI is InChI=1S/C16H17ClN2O/c1-11-4-6-13(7-5-11)10-19(3)16(20)14-8-12(2)18-15(17)9-14/h4-9H,10H2,1-3H3. The molecule has 2 rings (SSSR count). The van der Waals surface area contributed by atoms with Crippen molar-refractivity contribution in [3.8, 4) is 0 Å². The van der Waals surface area contributed by atoms with E-state index in [0.29, 0.717) is 17.3 Å². The lowest BCUT2D eigenvalue weighted by atomic mass is 10.1. The van der Waals surface area contributed by atoms with E-state index in [4.69, 9.17) is 11.6 Å². The second kappa shape index (κ2) is 6.06. The van der Waals surface area contributed by atoms with Crippen LogP contribution in [0.3, 0.4) is 0 Å². The summed E-state index contributed by atoms with van der Waals surface area (Å²) in [7, 11) is 1.78. The SMILES string of the molecule is Cc1ccc(CN(C)C(=O)c2cc(C)nc(Cl)c2)cc1. The van der Waals surface area contributed by atoms with Crippen LogP contribution in [0, 0.1) is 13.8 Å². The molecule has 0 unspecified atom stereocenters. The number of hydrogen-bond acceptors (Lipinski definition) is 2. The van der Waals surface area contributed by atoms with Gasteiger partial charge in [0.2, 0.25) is 0 Å². The van der Waals surface area contributed by atoms with Crippen LogP contribution in [0.15, 0.2) is 36.4 Å². The molecule has 0 bridgehead atoms. The Bertz CT molecular complexity index is 603. The Kier molecular flexibility index (Phi) is 4.40. The Hall–Kier alpha value is -1.87. The summed E-state index contributed by atoms with van der Waals surface area (Å²) in [4.78, 5) is 18.1. The lowest BCUT2D eigenvalue weighted by Crippen LogP contribution is -2.26. The van der Waals surface area contributed by atoms with E-state index in [1.807, 2.05) is 38.1 Å². The fourth-order valence-corrected chi connectivity index (χ4v) is 2.26. The topological polar surface area (TPSA) is 33.2 Å². The molecule has 0 saturated heterocycles. The first kappa shape index (κ1) is 14.5. The van der Waals surface area contributed by atoms with Gasteiger partial charge in [-0.25, -0.2) is 4.98 Å². The van der Waals surface area contributed by atoms with Crippen molar-refractivity contribution in [1.29, 1.82) is 0 Å². The highest BCUT2D eigenvalue weighted by atomic mass is 35.5. The first-order chi connectivity index (χ1) is 9.45. The number of aromatic nitrogens is 1. The van der Waals surface area contributed by atoms with E-state index in [1.165, 1.54) is 5.56 Å². The Morgan fingerprint density at radius 3 is 2.45 bits per heavy atom. The largest absolute Gasteiger partial charge is 0.337 e. The highest BCUT2D eigenvalue weighted by Crippen LogP contribution is 2.14. The minimum atomic E-state index is -0.0574. The van der Waals surface area contributed by atoms with Crippen LogP contribution < -0.4 is 0 Å². The summed E-state index contributed by atoms with van der Waals surface area (Å²) in [5.74, 6) is -0.0574. The van der Waals surface area contributed by atoms with Crippen molar-refractivity contribution >= 4 is 17.5 Å². The highest BCUT2D eigenvalue weighted by Gasteiger charge is 2.13. The quantitative estimate of drug-likeness (QED) is 0.808. The van der Waals surface area contributed by atoms with Gasteiger partial charge in [0.15, 0.2) is 0 Å². The number of aryl methyl sites for hydroxylation is 2. The third-order valence-electron chi connectivity index (χ3n) is 3.06. The zero-order chi connectivity index (χ0) is 14.7. The third-order valence-corrected chi connectivity index (χ3v) is 3.25. The number of halogens is 1. The van der Waals surface area contributed by atoms with Crippen molar-refractivity contribution in [3.05, 3.63) is 63.9 Å². The average Bonchev–Trinajstić information content (AvgIpc) is 2.39. The van der Waals surface area contributed by atoms with Crippen molar-refractivity contribution in [1.82, 2.24) is 9.88 Å². The van der Waals surface area contributed by atoms with Crippen LogP contribution in [-0.4, -0.2) is 22.8 Å².